The third kappa shape index (κ3) is 6.34. The fourth-order valence-electron chi connectivity index (χ4n) is 5.07. The SMILES string of the molecule is CCc1cc(C)c(C(=O)N2CCC(F)(c3ccc(C#N)cc3)CC2)cc1NC(=O)c1ccc(CC(C)C)nc1. The molecule has 0 aliphatic carbocycles. The van der Waals surface area contributed by atoms with Gasteiger partial charge in [0.15, 0.2) is 0 Å². The van der Waals surface area contributed by atoms with Crippen LogP contribution >= 0.6 is 0 Å². The van der Waals surface area contributed by atoms with Gasteiger partial charge in [-0.25, -0.2) is 4.39 Å². The summed E-state index contributed by atoms with van der Waals surface area (Å²) in [7, 11) is 0. The van der Waals surface area contributed by atoms with E-state index in [1.807, 2.05) is 26.0 Å². The molecule has 1 aliphatic rings. The van der Waals surface area contributed by atoms with Crippen LogP contribution in [0.3, 0.4) is 0 Å². The van der Waals surface area contributed by atoms with Crippen LogP contribution in [0, 0.1) is 24.2 Å². The Morgan fingerprint density at radius 1 is 1.13 bits per heavy atom. The maximum Gasteiger partial charge on any atom is 0.257 e. The highest BCUT2D eigenvalue weighted by Gasteiger charge is 2.38. The molecule has 3 aromatic rings. The number of amides is 2. The smallest absolute Gasteiger partial charge is 0.257 e. The Morgan fingerprint density at radius 2 is 1.82 bits per heavy atom. The van der Waals surface area contributed by atoms with Gasteiger partial charge in [0, 0.05) is 49.1 Å². The predicted octanol–water partition coefficient (Wildman–Crippen LogP) is 6.38. The minimum atomic E-state index is -1.54. The standard InChI is InChI=1S/C32H35FN4O2/c1-5-24-17-22(4)28(18-29(24)36-30(38)25-8-11-27(35-20-25)16-21(2)3)31(39)37-14-12-32(33,13-15-37)26-9-6-23(19-34)7-10-26/h6-11,17-18,20-21H,5,12-16H2,1-4H3,(H,36,38). The first-order valence-electron chi connectivity index (χ1n) is 13.5. The minimum absolute atomic E-state index is 0.174. The van der Waals surface area contributed by atoms with Crippen molar-refractivity contribution in [2.45, 2.75) is 59.0 Å². The number of aromatic nitrogens is 1. The molecule has 2 heterocycles. The monoisotopic (exact) mass is 526 g/mol. The number of carbonyl (C=O) groups is 2. The van der Waals surface area contributed by atoms with Crippen LogP contribution in [0.2, 0.25) is 0 Å². The van der Waals surface area contributed by atoms with Gasteiger partial charge in [-0.1, -0.05) is 39.0 Å². The normalized spacial score (nSPS) is 14.6. The lowest BCUT2D eigenvalue weighted by Gasteiger charge is -2.37. The van der Waals surface area contributed by atoms with Gasteiger partial charge in [-0.3, -0.25) is 14.6 Å². The highest BCUT2D eigenvalue weighted by Crippen LogP contribution is 2.37. The van der Waals surface area contributed by atoms with Crippen LogP contribution in [0.15, 0.2) is 54.7 Å². The van der Waals surface area contributed by atoms with E-state index in [-0.39, 0.29) is 37.7 Å². The van der Waals surface area contributed by atoms with Crippen LogP contribution in [0.4, 0.5) is 10.1 Å². The number of alkyl halides is 1. The number of rotatable bonds is 7. The molecule has 4 rings (SSSR count). The van der Waals surface area contributed by atoms with Crippen LogP contribution in [0.25, 0.3) is 0 Å². The summed E-state index contributed by atoms with van der Waals surface area (Å²) in [6.45, 7) is 8.69. The summed E-state index contributed by atoms with van der Waals surface area (Å²) in [5, 5.41) is 12.0. The van der Waals surface area contributed by atoms with E-state index < -0.39 is 5.67 Å². The second-order valence-electron chi connectivity index (χ2n) is 10.7. The lowest BCUT2D eigenvalue weighted by Crippen LogP contribution is -2.43. The lowest BCUT2D eigenvalue weighted by molar-refractivity contribution is 0.0421. The average molecular weight is 527 g/mol. The molecule has 1 N–H and O–H groups in total. The molecule has 1 aliphatic heterocycles. The molecule has 0 atom stereocenters. The van der Waals surface area contributed by atoms with Gasteiger partial charge in [-0.2, -0.15) is 5.26 Å². The van der Waals surface area contributed by atoms with Crippen molar-refractivity contribution in [3.05, 3.63) is 93.8 Å². The molecule has 0 spiro atoms. The maximum absolute atomic E-state index is 15.7. The van der Waals surface area contributed by atoms with E-state index in [4.69, 9.17) is 5.26 Å². The van der Waals surface area contributed by atoms with Crippen molar-refractivity contribution >= 4 is 17.5 Å². The number of piperidine rings is 1. The van der Waals surface area contributed by atoms with Gasteiger partial charge in [0.2, 0.25) is 0 Å². The topological polar surface area (TPSA) is 86.1 Å². The number of nitrogens with one attached hydrogen (secondary N) is 1. The Hall–Kier alpha value is -4.05. The van der Waals surface area contributed by atoms with Crippen LogP contribution in [0.5, 0.6) is 0 Å². The Morgan fingerprint density at radius 3 is 2.38 bits per heavy atom. The van der Waals surface area contributed by atoms with Crippen LogP contribution in [-0.4, -0.2) is 34.8 Å². The molecule has 1 saturated heterocycles. The zero-order chi connectivity index (χ0) is 28.2. The number of pyridine rings is 1. The van der Waals surface area contributed by atoms with Crippen LogP contribution in [-0.2, 0) is 18.5 Å². The van der Waals surface area contributed by atoms with Gasteiger partial charge in [0.05, 0.1) is 17.2 Å². The van der Waals surface area contributed by atoms with Crippen LogP contribution in [0.1, 0.15) is 82.3 Å². The zero-order valence-electron chi connectivity index (χ0n) is 23.1. The molecule has 2 amide bonds. The summed E-state index contributed by atoms with van der Waals surface area (Å²) >= 11 is 0. The van der Waals surface area contributed by atoms with E-state index in [2.05, 4.69) is 30.2 Å². The number of carbonyl (C=O) groups excluding carboxylic acids is 2. The molecule has 39 heavy (non-hydrogen) atoms. The molecule has 0 bridgehead atoms. The van der Waals surface area contributed by atoms with Crippen molar-refractivity contribution in [3.8, 4) is 6.07 Å². The summed E-state index contributed by atoms with van der Waals surface area (Å²) in [4.78, 5) is 32.7. The maximum atomic E-state index is 15.7. The van der Waals surface area contributed by atoms with Gasteiger partial charge in [-0.15, -0.1) is 0 Å². The van der Waals surface area contributed by atoms with Gasteiger partial charge in [-0.05, 0) is 72.7 Å². The Kier molecular flexibility index (Phi) is 8.44. The summed E-state index contributed by atoms with van der Waals surface area (Å²) in [5.41, 5.74) is 3.73. The molecule has 0 unspecified atom stereocenters. The highest BCUT2D eigenvalue weighted by atomic mass is 19.1. The molecule has 1 fully saturated rings. The number of hydrogen-bond donors (Lipinski definition) is 1. The predicted molar refractivity (Wildman–Crippen MR) is 150 cm³/mol. The van der Waals surface area contributed by atoms with Crippen molar-refractivity contribution < 1.29 is 14.0 Å². The second-order valence-corrected chi connectivity index (χ2v) is 10.7. The fourth-order valence-corrected chi connectivity index (χ4v) is 5.07. The number of benzene rings is 2. The summed E-state index contributed by atoms with van der Waals surface area (Å²) in [6.07, 6.45) is 3.48. The summed E-state index contributed by atoms with van der Waals surface area (Å²) in [6, 6.07) is 15.9. The third-order valence-corrected chi connectivity index (χ3v) is 7.39. The van der Waals surface area contributed by atoms with Crippen molar-refractivity contribution in [1.82, 2.24) is 9.88 Å². The van der Waals surface area contributed by atoms with Crippen molar-refractivity contribution in [2.75, 3.05) is 18.4 Å². The van der Waals surface area contributed by atoms with Gasteiger partial charge in [0.1, 0.15) is 5.67 Å². The number of anilines is 1. The third-order valence-electron chi connectivity index (χ3n) is 7.39. The average Bonchev–Trinajstić information content (AvgIpc) is 2.94. The Bertz CT molecular complexity index is 1380. The first kappa shape index (κ1) is 28.0. The zero-order valence-corrected chi connectivity index (χ0v) is 23.1. The highest BCUT2D eigenvalue weighted by molar-refractivity contribution is 6.05. The number of nitriles is 1. The van der Waals surface area contributed by atoms with E-state index in [1.165, 1.54) is 0 Å². The van der Waals surface area contributed by atoms with Gasteiger partial charge < -0.3 is 10.2 Å². The quantitative estimate of drug-likeness (QED) is 0.387. The molecule has 7 heteroatoms. The Labute approximate surface area is 229 Å². The largest absolute Gasteiger partial charge is 0.338 e. The first-order chi connectivity index (χ1) is 18.6. The first-order valence-corrected chi connectivity index (χ1v) is 13.5. The number of aryl methyl sites for hydroxylation is 2. The van der Waals surface area contributed by atoms with E-state index in [0.29, 0.717) is 40.3 Å². The minimum Gasteiger partial charge on any atom is -0.338 e. The van der Waals surface area contributed by atoms with E-state index in [0.717, 1.165) is 23.2 Å². The second kappa shape index (κ2) is 11.8. The van der Waals surface area contributed by atoms with Crippen LogP contribution < -0.4 is 5.32 Å². The molecular formula is C32H35FN4O2. The number of hydrogen-bond acceptors (Lipinski definition) is 4. The molecule has 0 saturated carbocycles. The van der Waals surface area contributed by atoms with Crippen molar-refractivity contribution in [1.29, 1.82) is 5.26 Å². The van der Waals surface area contributed by atoms with E-state index >= 15 is 4.39 Å². The molecule has 202 valence electrons. The summed E-state index contributed by atoms with van der Waals surface area (Å²) < 4.78 is 15.7. The van der Waals surface area contributed by atoms with Gasteiger partial charge >= 0.3 is 0 Å². The Balaban J connectivity index is 1.49. The number of nitrogens with zero attached hydrogens (tertiary/aromatic N) is 3. The molecule has 2 aromatic carbocycles. The van der Waals surface area contributed by atoms with Gasteiger partial charge in [0.25, 0.3) is 11.8 Å². The molecule has 1 aromatic heterocycles. The van der Waals surface area contributed by atoms with Crippen molar-refractivity contribution in [3.63, 3.8) is 0 Å². The molecular weight excluding hydrogens is 491 g/mol. The van der Waals surface area contributed by atoms with Crippen molar-refractivity contribution in [2.24, 2.45) is 5.92 Å². The lowest BCUT2D eigenvalue weighted by atomic mass is 9.85. The number of likely N-dealkylation sites (tertiary alicyclic amines) is 1. The number of halogens is 1. The summed E-state index contributed by atoms with van der Waals surface area (Å²) in [5.74, 6) is 0.0235. The van der Waals surface area contributed by atoms with E-state index in [9.17, 15) is 9.59 Å². The fraction of sp³-hybridized carbons (Fsp3) is 0.375. The van der Waals surface area contributed by atoms with E-state index in [1.54, 1.807) is 47.5 Å². The molecule has 0 radical (unpaired) electrons. The molecule has 6 nitrogen and oxygen atoms in total.